The van der Waals surface area contributed by atoms with Gasteiger partial charge >= 0.3 is 0 Å². The maximum atomic E-state index is 11.5. The third-order valence-corrected chi connectivity index (χ3v) is 2.62. The van der Waals surface area contributed by atoms with Gasteiger partial charge in [0.15, 0.2) is 0 Å². The topological polar surface area (TPSA) is 72.2 Å². The Kier molecular flexibility index (Phi) is 5.20. The maximum Gasteiger partial charge on any atom is 0.220 e. The first-order valence-electron chi connectivity index (χ1n) is 5.69. The van der Waals surface area contributed by atoms with E-state index in [1.807, 2.05) is 30.3 Å². The number of amides is 2. The average molecular weight is 234 g/mol. The number of benzene rings is 1. The van der Waals surface area contributed by atoms with Crippen molar-refractivity contribution in [2.24, 2.45) is 11.7 Å². The largest absolute Gasteiger partial charge is 0.369 e. The summed E-state index contributed by atoms with van der Waals surface area (Å²) in [5, 5.41) is 2.80. The fourth-order valence-corrected chi connectivity index (χ4v) is 1.37. The van der Waals surface area contributed by atoms with E-state index in [1.54, 1.807) is 6.92 Å². The zero-order valence-corrected chi connectivity index (χ0v) is 9.98. The molecule has 0 bridgehead atoms. The molecule has 4 heteroatoms. The smallest absolute Gasteiger partial charge is 0.220 e. The molecule has 0 spiro atoms. The van der Waals surface area contributed by atoms with Crippen LogP contribution >= 0.6 is 0 Å². The Hall–Kier alpha value is -1.84. The van der Waals surface area contributed by atoms with Crippen molar-refractivity contribution >= 4 is 11.8 Å². The van der Waals surface area contributed by atoms with E-state index in [1.165, 1.54) is 0 Å². The van der Waals surface area contributed by atoms with Crippen molar-refractivity contribution < 1.29 is 9.59 Å². The summed E-state index contributed by atoms with van der Waals surface area (Å²) in [6.45, 7) is 2.25. The van der Waals surface area contributed by atoms with E-state index in [4.69, 9.17) is 5.73 Å². The quantitative estimate of drug-likeness (QED) is 0.776. The van der Waals surface area contributed by atoms with Crippen molar-refractivity contribution in [2.75, 3.05) is 0 Å². The van der Waals surface area contributed by atoms with Crippen LogP contribution < -0.4 is 11.1 Å². The van der Waals surface area contributed by atoms with Gasteiger partial charge in [0.25, 0.3) is 0 Å². The fourth-order valence-electron chi connectivity index (χ4n) is 1.37. The minimum Gasteiger partial charge on any atom is -0.369 e. The molecule has 0 aliphatic carbocycles. The molecule has 0 fully saturated rings. The van der Waals surface area contributed by atoms with Gasteiger partial charge in [-0.2, -0.15) is 0 Å². The van der Waals surface area contributed by atoms with E-state index in [-0.39, 0.29) is 17.7 Å². The molecule has 0 unspecified atom stereocenters. The first-order chi connectivity index (χ1) is 8.09. The number of rotatable bonds is 6. The molecule has 0 heterocycles. The van der Waals surface area contributed by atoms with Gasteiger partial charge in [0.2, 0.25) is 11.8 Å². The molecule has 4 nitrogen and oxygen atoms in total. The Morgan fingerprint density at radius 3 is 2.53 bits per heavy atom. The molecule has 0 saturated heterocycles. The predicted molar refractivity (Wildman–Crippen MR) is 65.9 cm³/mol. The van der Waals surface area contributed by atoms with Gasteiger partial charge in [0.1, 0.15) is 0 Å². The van der Waals surface area contributed by atoms with Crippen molar-refractivity contribution in [1.29, 1.82) is 0 Å². The van der Waals surface area contributed by atoms with Crippen LogP contribution in [0.3, 0.4) is 0 Å². The lowest BCUT2D eigenvalue weighted by Gasteiger charge is -2.07. The molecule has 0 aromatic heterocycles. The molecule has 1 rings (SSSR count). The first-order valence-corrected chi connectivity index (χ1v) is 5.69. The minimum atomic E-state index is -0.360. The lowest BCUT2D eigenvalue weighted by atomic mass is 10.1. The third-order valence-electron chi connectivity index (χ3n) is 2.62. The first kappa shape index (κ1) is 13.2. The van der Waals surface area contributed by atoms with Crippen LogP contribution in [0.4, 0.5) is 0 Å². The van der Waals surface area contributed by atoms with E-state index in [2.05, 4.69) is 5.32 Å². The van der Waals surface area contributed by atoms with E-state index >= 15 is 0 Å². The number of hydrogen-bond donors (Lipinski definition) is 2. The standard InChI is InChI=1S/C13H18N2O2/c1-10(13(14)17)7-8-12(16)15-9-11-5-3-2-4-6-11/h2-6,10H,7-9H2,1H3,(H2,14,17)(H,15,16)/t10-/m0/s1. The Morgan fingerprint density at radius 2 is 1.94 bits per heavy atom. The van der Waals surface area contributed by atoms with Crippen molar-refractivity contribution in [1.82, 2.24) is 5.32 Å². The number of carbonyl (C=O) groups is 2. The molecular formula is C13H18N2O2. The van der Waals surface area contributed by atoms with Gasteiger partial charge in [-0.3, -0.25) is 9.59 Å². The number of nitrogens with one attached hydrogen (secondary N) is 1. The SMILES string of the molecule is C[C@@H](CCC(=O)NCc1ccccc1)C(N)=O. The molecule has 92 valence electrons. The summed E-state index contributed by atoms with van der Waals surface area (Å²) in [5.74, 6) is -0.666. The summed E-state index contributed by atoms with van der Waals surface area (Å²) in [7, 11) is 0. The van der Waals surface area contributed by atoms with Crippen LogP contribution in [0, 0.1) is 5.92 Å². The second-order valence-electron chi connectivity index (χ2n) is 4.10. The van der Waals surface area contributed by atoms with Crippen LogP contribution in [0.5, 0.6) is 0 Å². The molecule has 0 aliphatic rings. The summed E-state index contributed by atoms with van der Waals surface area (Å²) in [6, 6.07) is 9.69. The van der Waals surface area contributed by atoms with Gasteiger partial charge in [0.05, 0.1) is 0 Å². The van der Waals surface area contributed by atoms with Crippen LogP contribution in [-0.4, -0.2) is 11.8 Å². The summed E-state index contributed by atoms with van der Waals surface area (Å²) >= 11 is 0. The average Bonchev–Trinajstić information content (AvgIpc) is 2.34. The van der Waals surface area contributed by atoms with Gasteiger partial charge in [-0.05, 0) is 12.0 Å². The molecule has 1 aromatic carbocycles. The molecule has 17 heavy (non-hydrogen) atoms. The van der Waals surface area contributed by atoms with Crippen LogP contribution in [0.2, 0.25) is 0 Å². The summed E-state index contributed by atoms with van der Waals surface area (Å²) < 4.78 is 0. The molecule has 0 saturated carbocycles. The highest BCUT2D eigenvalue weighted by Gasteiger charge is 2.10. The predicted octanol–water partition coefficient (Wildman–Crippen LogP) is 1.20. The third kappa shape index (κ3) is 5.15. The molecular weight excluding hydrogens is 216 g/mol. The zero-order valence-electron chi connectivity index (χ0n) is 9.98. The Balaban J connectivity index is 2.24. The van der Waals surface area contributed by atoms with E-state index < -0.39 is 0 Å². The van der Waals surface area contributed by atoms with Crippen LogP contribution in [0.15, 0.2) is 30.3 Å². The van der Waals surface area contributed by atoms with Crippen molar-refractivity contribution in [2.45, 2.75) is 26.3 Å². The molecule has 1 aromatic rings. The number of hydrogen-bond acceptors (Lipinski definition) is 2. The highest BCUT2D eigenvalue weighted by molar-refractivity contribution is 5.79. The maximum absolute atomic E-state index is 11.5. The Labute approximate surface area is 101 Å². The highest BCUT2D eigenvalue weighted by Crippen LogP contribution is 2.04. The summed E-state index contributed by atoms with van der Waals surface area (Å²) in [4.78, 5) is 22.3. The molecule has 0 radical (unpaired) electrons. The molecule has 3 N–H and O–H groups in total. The lowest BCUT2D eigenvalue weighted by molar-refractivity contribution is -0.123. The van der Waals surface area contributed by atoms with Gasteiger partial charge in [-0.15, -0.1) is 0 Å². The second kappa shape index (κ2) is 6.68. The molecule has 1 atom stereocenters. The van der Waals surface area contributed by atoms with Gasteiger partial charge in [-0.25, -0.2) is 0 Å². The Morgan fingerprint density at radius 1 is 1.29 bits per heavy atom. The number of nitrogens with two attached hydrogens (primary N) is 1. The highest BCUT2D eigenvalue weighted by atomic mass is 16.2. The van der Waals surface area contributed by atoms with Gasteiger partial charge in [0, 0.05) is 18.9 Å². The second-order valence-corrected chi connectivity index (χ2v) is 4.10. The van der Waals surface area contributed by atoms with Crippen LogP contribution in [0.25, 0.3) is 0 Å². The van der Waals surface area contributed by atoms with Crippen molar-refractivity contribution in [3.63, 3.8) is 0 Å². The van der Waals surface area contributed by atoms with Gasteiger partial charge in [-0.1, -0.05) is 37.3 Å². The van der Waals surface area contributed by atoms with E-state index in [9.17, 15) is 9.59 Å². The van der Waals surface area contributed by atoms with Crippen LogP contribution in [0.1, 0.15) is 25.3 Å². The monoisotopic (exact) mass is 234 g/mol. The van der Waals surface area contributed by atoms with Crippen molar-refractivity contribution in [3.8, 4) is 0 Å². The normalized spacial score (nSPS) is 11.8. The van der Waals surface area contributed by atoms with Gasteiger partial charge < -0.3 is 11.1 Å². The Bertz CT molecular complexity index is 376. The summed E-state index contributed by atoms with van der Waals surface area (Å²) in [6.07, 6.45) is 0.826. The number of carbonyl (C=O) groups excluding carboxylic acids is 2. The van der Waals surface area contributed by atoms with E-state index in [0.717, 1.165) is 5.56 Å². The fraction of sp³-hybridized carbons (Fsp3) is 0.385. The minimum absolute atomic E-state index is 0.0537. The molecule has 0 aliphatic heterocycles. The number of primary amides is 1. The summed E-state index contributed by atoms with van der Waals surface area (Å²) in [5.41, 5.74) is 6.18. The van der Waals surface area contributed by atoms with Crippen LogP contribution in [-0.2, 0) is 16.1 Å². The lowest BCUT2D eigenvalue weighted by Crippen LogP contribution is -2.26. The zero-order chi connectivity index (χ0) is 12.7. The van der Waals surface area contributed by atoms with E-state index in [0.29, 0.717) is 19.4 Å². The molecule has 2 amide bonds. The van der Waals surface area contributed by atoms with Crippen molar-refractivity contribution in [3.05, 3.63) is 35.9 Å².